The Hall–Kier alpha value is -1.63. The molecule has 0 aliphatic rings. The van der Waals surface area contributed by atoms with Gasteiger partial charge < -0.3 is 5.32 Å². The Balaban J connectivity index is 2.52. The highest BCUT2D eigenvalue weighted by molar-refractivity contribution is 9.10. The summed E-state index contributed by atoms with van der Waals surface area (Å²) in [5, 5.41) is 3.05. The van der Waals surface area contributed by atoms with Crippen molar-refractivity contribution in [1.29, 1.82) is 0 Å². The zero-order valence-corrected chi connectivity index (χ0v) is 13.0. The smallest absolute Gasteiger partial charge is 0.369 e. The van der Waals surface area contributed by atoms with E-state index in [1.165, 1.54) is 6.07 Å². The highest BCUT2D eigenvalue weighted by Crippen LogP contribution is 2.32. The number of nitrogens with one attached hydrogen (secondary N) is 1. The molecule has 3 nitrogen and oxygen atoms in total. The van der Waals surface area contributed by atoms with Crippen LogP contribution in [0.2, 0.25) is 0 Å². The Labute approximate surface area is 128 Å². The van der Waals surface area contributed by atoms with E-state index < -0.39 is 11.7 Å². The molecule has 1 aromatic heterocycles. The minimum absolute atomic E-state index is 0.262. The van der Waals surface area contributed by atoms with Crippen molar-refractivity contribution in [2.45, 2.75) is 20.0 Å². The van der Waals surface area contributed by atoms with E-state index >= 15 is 0 Å². The predicted molar refractivity (Wildman–Crippen MR) is 79.1 cm³/mol. The maximum Gasteiger partial charge on any atom is 0.416 e. The average molecular weight is 360 g/mol. The first-order valence-electron chi connectivity index (χ1n) is 6.28. The molecule has 0 aliphatic carbocycles. The van der Waals surface area contributed by atoms with E-state index in [-0.39, 0.29) is 5.82 Å². The SMILES string of the molecule is CCNc1nc(-c2cccc(C(F)(F)F)c2)nc(C)c1Br. The van der Waals surface area contributed by atoms with Crippen LogP contribution < -0.4 is 5.32 Å². The highest BCUT2D eigenvalue weighted by Gasteiger charge is 2.30. The largest absolute Gasteiger partial charge is 0.416 e. The van der Waals surface area contributed by atoms with Crippen LogP contribution in [0.5, 0.6) is 0 Å². The van der Waals surface area contributed by atoms with E-state index in [2.05, 4.69) is 31.2 Å². The van der Waals surface area contributed by atoms with Crippen molar-refractivity contribution in [1.82, 2.24) is 9.97 Å². The number of alkyl halides is 3. The van der Waals surface area contributed by atoms with Crippen LogP contribution in [0.3, 0.4) is 0 Å². The fourth-order valence-corrected chi connectivity index (χ4v) is 2.13. The molecule has 0 unspecified atom stereocenters. The second kappa shape index (κ2) is 6.01. The van der Waals surface area contributed by atoms with Crippen molar-refractivity contribution in [3.8, 4) is 11.4 Å². The molecule has 0 atom stereocenters. The number of benzene rings is 1. The molecule has 0 saturated carbocycles. The number of halogens is 4. The molecule has 2 aromatic rings. The summed E-state index contributed by atoms with van der Waals surface area (Å²) in [5.74, 6) is 0.829. The van der Waals surface area contributed by atoms with Crippen LogP contribution in [0.25, 0.3) is 11.4 Å². The van der Waals surface area contributed by atoms with Gasteiger partial charge >= 0.3 is 6.18 Å². The highest BCUT2D eigenvalue weighted by atomic mass is 79.9. The van der Waals surface area contributed by atoms with Crippen molar-refractivity contribution in [2.24, 2.45) is 0 Å². The quantitative estimate of drug-likeness (QED) is 0.865. The van der Waals surface area contributed by atoms with E-state index in [0.29, 0.717) is 28.1 Å². The Morgan fingerprint density at radius 3 is 2.57 bits per heavy atom. The maximum absolute atomic E-state index is 12.8. The molecule has 0 spiro atoms. The third-order valence-corrected chi connectivity index (χ3v) is 3.76. The first-order chi connectivity index (χ1) is 9.82. The summed E-state index contributed by atoms with van der Waals surface area (Å²) >= 11 is 3.37. The van der Waals surface area contributed by atoms with Crippen molar-refractivity contribution >= 4 is 21.7 Å². The topological polar surface area (TPSA) is 37.8 Å². The summed E-state index contributed by atoms with van der Waals surface area (Å²) in [6, 6.07) is 5.00. The summed E-state index contributed by atoms with van der Waals surface area (Å²) < 4.78 is 39.0. The maximum atomic E-state index is 12.8. The average Bonchev–Trinajstić information content (AvgIpc) is 2.43. The van der Waals surface area contributed by atoms with Crippen molar-refractivity contribution in [2.75, 3.05) is 11.9 Å². The first-order valence-corrected chi connectivity index (χ1v) is 7.08. The van der Waals surface area contributed by atoms with Crippen molar-refractivity contribution in [3.05, 3.63) is 40.0 Å². The van der Waals surface area contributed by atoms with Gasteiger partial charge in [0.2, 0.25) is 0 Å². The molecule has 0 saturated heterocycles. The fraction of sp³-hybridized carbons (Fsp3) is 0.286. The molecule has 0 bridgehead atoms. The molecule has 7 heteroatoms. The first kappa shape index (κ1) is 15.8. The molecule has 21 heavy (non-hydrogen) atoms. The molecule has 1 N–H and O–H groups in total. The van der Waals surface area contributed by atoms with E-state index in [1.807, 2.05) is 6.92 Å². The second-order valence-corrected chi connectivity index (χ2v) is 5.20. The lowest BCUT2D eigenvalue weighted by Crippen LogP contribution is -2.06. The van der Waals surface area contributed by atoms with Crippen LogP contribution in [0.15, 0.2) is 28.7 Å². The Bertz CT molecular complexity index is 656. The number of anilines is 1. The van der Waals surface area contributed by atoms with Gasteiger partial charge in [-0.2, -0.15) is 13.2 Å². The van der Waals surface area contributed by atoms with Gasteiger partial charge in [-0.1, -0.05) is 12.1 Å². The summed E-state index contributed by atoms with van der Waals surface area (Å²) in [7, 11) is 0. The number of nitrogens with zero attached hydrogens (tertiary/aromatic N) is 2. The van der Waals surface area contributed by atoms with Gasteiger partial charge in [-0.05, 0) is 41.9 Å². The summed E-state index contributed by atoms with van der Waals surface area (Å²) in [6.07, 6.45) is -4.38. The third kappa shape index (κ3) is 3.53. The summed E-state index contributed by atoms with van der Waals surface area (Å²) in [5.41, 5.74) is 0.280. The Morgan fingerprint density at radius 1 is 1.24 bits per heavy atom. The van der Waals surface area contributed by atoms with Gasteiger partial charge in [0.05, 0.1) is 15.7 Å². The summed E-state index contributed by atoms with van der Waals surface area (Å²) in [6.45, 7) is 4.33. The number of rotatable bonds is 3. The molecule has 0 aliphatic heterocycles. The normalized spacial score (nSPS) is 11.5. The molecule has 1 heterocycles. The lowest BCUT2D eigenvalue weighted by Gasteiger charge is -2.11. The predicted octanol–water partition coefficient (Wildman–Crippen LogP) is 4.67. The zero-order chi connectivity index (χ0) is 15.6. The molecule has 2 rings (SSSR count). The van der Waals surface area contributed by atoms with Crippen LogP contribution in [-0.2, 0) is 6.18 Å². The van der Waals surface area contributed by atoms with E-state index in [1.54, 1.807) is 13.0 Å². The minimum Gasteiger partial charge on any atom is -0.369 e. The van der Waals surface area contributed by atoms with Gasteiger partial charge in [0, 0.05) is 12.1 Å². The van der Waals surface area contributed by atoms with Crippen LogP contribution in [0.1, 0.15) is 18.2 Å². The van der Waals surface area contributed by atoms with Gasteiger partial charge in [0.25, 0.3) is 0 Å². The van der Waals surface area contributed by atoms with E-state index in [4.69, 9.17) is 0 Å². The van der Waals surface area contributed by atoms with Gasteiger partial charge in [-0.3, -0.25) is 0 Å². The van der Waals surface area contributed by atoms with Gasteiger partial charge in [-0.15, -0.1) is 0 Å². The van der Waals surface area contributed by atoms with Gasteiger partial charge in [0.1, 0.15) is 5.82 Å². The molecule has 0 fully saturated rings. The lowest BCUT2D eigenvalue weighted by atomic mass is 10.1. The summed E-state index contributed by atoms with van der Waals surface area (Å²) in [4.78, 5) is 8.52. The van der Waals surface area contributed by atoms with Crippen molar-refractivity contribution < 1.29 is 13.2 Å². The second-order valence-electron chi connectivity index (χ2n) is 4.40. The van der Waals surface area contributed by atoms with E-state index in [0.717, 1.165) is 12.1 Å². The van der Waals surface area contributed by atoms with Crippen molar-refractivity contribution in [3.63, 3.8) is 0 Å². The van der Waals surface area contributed by atoms with Crippen LogP contribution in [-0.4, -0.2) is 16.5 Å². The standard InChI is InChI=1S/C14H13BrF3N3/c1-3-19-13-11(15)8(2)20-12(21-13)9-5-4-6-10(7-9)14(16,17)18/h4-7H,3H2,1-2H3,(H,19,20,21). The van der Waals surface area contributed by atoms with E-state index in [9.17, 15) is 13.2 Å². The van der Waals surface area contributed by atoms with Crippen LogP contribution in [0, 0.1) is 6.92 Å². The minimum atomic E-state index is -4.38. The number of hydrogen-bond donors (Lipinski definition) is 1. The molecular weight excluding hydrogens is 347 g/mol. The molecule has 112 valence electrons. The molecule has 1 aromatic carbocycles. The lowest BCUT2D eigenvalue weighted by molar-refractivity contribution is -0.137. The fourth-order valence-electron chi connectivity index (χ4n) is 1.81. The monoisotopic (exact) mass is 359 g/mol. The molecular formula is C14H13BrF3N3. The number of aromatic nitrogens is 2. The van der Waals surface area contributed by atoms with Crippen LogP contribution >= 0.6 is 15.9 Å². The molecule has 0 radical (unpaired) electrons. The number of hydrogen-bond acceptors (Lipinski definition) is 3. The van der Waals surface area contributed by atoms with Crippen LogP contribution in [0.4, 0.5) is 19.0 Å². The Kier molecular flexibility index (Phi) is 4.51. The zero-order valence-electron chi connectivity index (χ0n) is 11.4. The Morgan fingerprint density at radius 2 is 1.95 bits per heavy atom. The number of aryl methyl sites for hydroxylation is 1. The van der Waals surface area contributed by atoms with Gasteiger partial charge in [-0.25, -0.2) is 9.97 Å². The third-order valence-electron chi connectivity index (χ3n) is 2.81. The molecule has 0 amide bonds. The van der Waals surface area contributed by atoms with Gasteiger partial charge in [0.15, 0.2) is 5.82 Å².